The fraction of sp³-hybridized carbons (Fsp3) is 0.619. The largest absolute Gasteiger partial charge is 0.462 e. The Morgan fingerprint density at radius 1 is 1.23 bits per heavy atom. The number of hydrogen-bond donors (Lipinski definition) is 2. The molecule has 0 aliphatic heterocycles. The number of H-pyrrole nitrogens is 1. The van der Waals surface area contributed by atoms with Crippen LogP contribution in [0.3, 0.4) is 0 Å². The minimum absolute atomic E-state index is 0.166. The van der Waals surface area contributed by atoms with Gasteiger partial charge in [-0.15, -0.1) is 0 Å². The van der Waals surface area contributed by atoms with E-state index in [2.05, 4.69) is 19.6 Å². The monoisotopic (exact) mass is 434 g/mol. The van der Waals surface area contributed by atoms with Crippen LogP contribution in [-0.2, 0) is 14.8 Å². The molecule has 9 heteroatoms. The SMILES string of the molecule is CNS(=O)(=O)C[C@H]1CC[C@H](N(C)c2c(C(=O)OCC3CC3)cnc3[nH]ccc23)CC1. The molecular weight excluding hydrogens is 404 g/mol. The maximum Gasteiger partial charge on any atom is 0.341 e. The van der Waals surface area contributed by atoms with Crippen LogP contribution in [-0.4, -0.2) is 56.9 Å². The second-order valence-corrected chi connectivity index (χ2v) is 10.5. The third-order valence-electron chi connectivity index (χ3n) is 6.41. The number of anilines is 1. The zero-order valence-corrected chi connectivity index (χ0v) is 18.4. The summed E-state index contributed by atoms with van der Waals surface area (Å²) < 4.78 is 31.7. The highest BCUT2D eigenvalue weighted by Crippen LogP contribution is 2.36. The van der Waals surface area contributed by atoms with Crippen molar-refractivity contribution in [3.05, 3.63) is 24.0 Å². The van der Waals surface area contributed by atoms with Crippen molar-refractivity contribution in [3.8, 4) is 0 Å². The molecule has 0 bridgehead atoms. The number of nitrogens with one attached hydrogen (secondary N) is 2. The van der Waals surface area contributed by atoms with E-state index >= 15 is 0 Å². The van der Waals surface area contributed by atoms with Gasteiger partial charge in [0.15, 0.2) is 0 Å². The van der Waals surface area contributed by atoms with E-state index in [9.17, 15) is 13.2 Å². The molecule has 0 unspecified atom stereocenters. The molecule has 2 aliphatic rings. The predicted molar refractivity (Wildman–Crippen MR) is 116 cm³/mol. The van der Waals surface area contributed by atoms with Crippen molar-refractivity contribution < 1.29 is 17.9 Å². The highest BCUT2D eigenvalue weighted by molar-refractivity contribution is 7.89. The van der Waals surface area contributed by atoms with Gasteiger partial charge in [-0.3, -0.25) is 0 Å². The van der Waals surface area contributed by atoms with Crippen molar-refractivity contribution in [2.45, 2.75) is 44.6 Å². The van der Waals surface area contributed by atoms with Crippen LogP contribution in [0, 0.1) is 11.8 Å². The van der Waals surface area contributed by atoms with Crippen LogP contribution >= 0.6 is 0 Å². The fourth-order valence-corrected chi connectivity index (χ4v) is 5.47. The number of sulfonamides is 1. The van der Waals surface area contributed by atoms with E-state index in [1.807, 2.05) is 19.3 Å². The van der Waals surface area contributed by atoms with E-state index in [0.29, 0.717) is 18.1 Å². The lowest BCUT2D eigenvalue weighted by molar-refractivity contribution is 0.0486. The summed E-state index contributed by atoms with van der Waals surface area (Å²) in [6.45, 7) is 0.470. The van der Waals surface area contributed by atoms with Gasteiger partial charge in [0.25, 0.3) is 0 Å². The van der Waals surface area contributed by atoms with Gasteiger partial charge in [-0.2, -0.15) is 0 Å². The molecule has 164 valence electrons. The van der Waals surface area contributed by atoms with Gasteiger partial charge in [0.05, 0.1) is 18.0 Å². The molecule has 0 saturated heterocycles. The van der Waals surface area contributed by atoms with E-state index in [1.54, 1.807) is 6.20 Å². The van der Waals surface area contributed by atoms with Crippen molar-refractivity contribution >= 4 is 32.7 Å². The summed E-state index contributed by atoms with van der Waals surface area (Å²) in [6, 6.07) is 2.17. The summed E-state index contributed by atoms with van der Waals surface area (Å²) in [5.41, 5.74) is 2.07. The maximum atomic E-state index is 12.8. The van der Waals surface area contributed by atoms with Crippen molar-refractivity contribution in [2.24, 2.45) is 11.8 Å². The summed E-state index contributed by atoms with van der Waals surface area (Å²) in [6.07, 6.45) is 9.13. The first-order chi connectivity index (χ1) is 14.4. The molecule has 2 aromatic rings. The predicted octanol–water partition coefficient (Wildman–Crippen LogP) is 2.67. The second-order valence-electron chi connectivity index (χ2n) is 8.57. The maximum absolute atomic E-state index is 12.8. The van der Waals surface area contributed by atoms with E-state index in [-0.39, 0.29) is 23.7 Å². The number of carbonyl (C=O) groups is 1. The quantitative estimate of drug-likeness (QED) is 0.619. The van der Waals surface area contributed by atoms with Crippen LogP contribution in [0.15, 0.2) is 18.5 Å². The van der Waals surface area contributed by atoms with Gasteiger partial charge in [0.1, 0.15) is 11.2 Å². The van der Waals surface area contributed by atoms with Crippen LogP contribution in [0.4, 0.5) is 5.69 Å². The van der Waals surface area contributed by atoms with E-state index < -0.39 is 10.0 Å². The topological polar surface area (TPSA) is 104 Å². The number of ether oxygens (including phenoxy) is 1. The molecule has 30 heavy (non-hydrogen) atoms. The summed E-state index contributed by atoms with van der Waals surface area (Å²) in [5.74, 6) is 0.520. The third kappa shape index (κ3) is 4.62. The van der Waals surface area contributed by atoms with Gasteiger partial charge >= 0.3 is 5.97 Å². The molecular formula is C21H30N4O4S. The molecule has 2 aromatic heterocycles. The Labute approximate surface area is 177 Å². The van der Waals surface area contributed by atoms with Crippen molar-refractivity contribution in [2.75, 3.05) is 31.4 Å². The number of aromatic nitrogens is 2. The molecule has 2 N–H and O–H groups in total. The zero-order chi connectivity index (χ0) is 21.3. The molecule has 8 nitrogen and oxygen atoms in total. The van der Waals surface area contributed by atoms with Gasteiger partial charge < -0.3 is 14.6 Å². The summed E-state index contributed by atoms with van der Waals surface area (Å²) >= 11 is 0. The Hall–Kier alpha value is -2.13. The van der Waals surface area contributed by atoms with Gasteiger partial charge in [-0.25, -0.2) is 22.9 Å². The first kappa shape index (κ1) is 21.1. The molecule has 0 radical (unpaired) electrons. The Bertz CT molecular complexity index is 1010. The van der Waals surface area contributed by atoms with Crippen molar-refractivity contribution in [1.82, 2.24) is 14.7 Å². The molecule has 0 atom stereocenters. The van der Waals surface area contributed by atoms with Gasteiger partial charge in [0.2, 0.25) is 10.0 Å². The van der Waals surface area contributed by atoms with Gasteiger partial charge in [-0.05, 0) is 63.5 Å². The number of aromatic amines is 1. The fourth-order valence-electron chi connectivity index (χ4n) is 4.35. The number of hydrogen-bond acceptors (Lipinski definition) is 6. The molecule has 2 heterocycles. The molecule has 0 aromatic carbocycles. The molecule has 0 spiro atoms. The lowest BCUT2D eigenvalue weighted by atomic mass is 9.86. The first-order valence-electron chi connectivity index (χ1n) is 10.6. The van der Waals surface area contributed by atoms with Crippen LogP contribution < -0.4 is 9.62 Å². The second kappa shape index (κ2) is 8.55. The van der Waals surface area contributed by atoms with Gasteiger partial charge in [0, 0.05) is 30.9 Å². The summed E-state index contributed by atoms with van der Waals surface area (Å²) in [7, 11) is 0.277. The Kier molecular flexibility index (Phi) is 6.02. The number of pyridine rings is 1. The van der Waals surface area contributed by atoms with E-state index in [0.717, 1.165) is 55.2 Å². The normalized spacial score (nSPS) is 22.2. The number of fused-ring (bicyclic) bond motifs is 1. The molecule has 2 aliphatic carbocycles. The average molecular weight is 435 g/mol. The zero-order valence-electron chi connectivity index (χ0n) is 17.6. The third-order valence-corrected chi connectivity index (χ3v) is 7.94. The van der Waals surface area contributed by atoms with E-state index in [4.69, 9.17) is 4.74 Å². The lowest BCUT2D eigenvalue weighted by Crippen LogP contribution is -2.38. The van der Waals surface area contributed by atoms with Crippen LogP contribution in [0.1, 0.15) is 48.9 Å². The Balaban J connectivity index is 1.52. The minimum Gasteiger partial charge on any atom is -0.462 e. The Morgan fingerprint density at radius 2 is 1.93 bits per heavy atom. The van der Waals surface area contributed by atoms with Gasteiger partial charge in [-0.1, -0.05) is 0 Å². The molecule has 4 rings (SSSR count). The smallest absolute Gasteiger partial charge is 0.341 e. The van der Waals surface area contributed by atoms with Crippen LogP contribution in [0.2, 0.25) is 0 Å². The van der Waals surface area contributed by atoms with E-state index in [1.165, 1.54) is 7.05 Å². The molecule has 2 fully saturated rings. The Morgan fingerprint density at radius 3 is 2.60 bits per heavy atom. The lowest BCUT2D eigenvalue weighted by Gasteiger charge is -2.36. The first-order valence-corrected chi connectivity index (χ1v) is 12.3. The summed E-state index contributed by atoms with van der Waals surface area (Å²) in [4.78, 5) is 22.5. The number of carbonyl (C=O) groups excluding carboxylic acids is 1. The number of esters is 1. The molecule has 0 amide bonds. The highest BCUT2D eigenvalue weighted by atomic mass is 32.2. The number of nitrogens with zero attached hydrogens (tertiary/aromatic N) is 2. The van der Waals surface area contributed by atoms with Crippen LogP contribution in [0.5, 0.6) is 0 Å². The van der Waals surface area contributed by atoms with Crippen molar-refractivity contribution in [1.29, 1.82) is 0 Å². The molecule has 2 saturated carbocycles. The highest BCUT2D eigenvalue weighted by Gasteiger charge is 2.31. The summed E-state index contributed by atoms with van der Waals surface area (Å²) in [5, 5.41) is 0.901. The minimum atomic E-state index is -3.19. The van der Waals surface area contributed by atoms with Crippen molar-refractivity contribution in [3.63, 3.8) is 0 Å². The standard InChI is InChI=1S/C21H30N4O4S/c1-22-30(27,28)13-15-5-7-16(8-6-15)25(2)19-17-9-10-23-20(17)24-11-18(19)21(26)29-12-14-3-4-14/h9-11,14-16,22H,3-8,12-13H2,1-2H3,(H,23,24)/t15-,16-. The van der Waals surface area contributed by atoms with Crippen LogP contribution in [0.25, 0.3) is 11.0 Å². The average Bonchev–Trinajstić information content (AvgIpc) is 3.45. The number of rotatable bonds is 8.